The zero-order valence-corrected chi connectivity index (χ0v) is 11.1. The van der Waals surface area contributed by atoms with E-state index in [1.807, 2.05) is 0 Å². The zero-order chi connectivity index (χ0) is 13.2. The van der Waals surface area contributed by atoms with Gasteiger partial charge in [-0.1, -0.05) is 26.2 Å². The average Bonchev–Trinajstić information content (AvgIpc) is 2.38. The molecule has 0 amide bonds. The third-order valence-corrected chi connectivity index (χ3v) is 4.89. The highest BCUT2D eigenvalue weighted by Crippen LogP contribution is 2.38. The lowest BCUT2D eigenvalue weighted by molar-refractivity contribution is -0.180. The summed E-state index contributed by atoms with van der Waals surface area (Å²) in [5.74, 6) is 0.281. The summed E-state index contributed by atoms with van der Waals surface area (Å²) in [5, 5.41) is 3.17. The van der Waals surface area contributed by atoms with E-state index in [0.29, 0.717) is 24.8 Å². The standard InChI is InChI=1S/C14H24F3N/c1-2-10-4-3-5-11(8-10)13-7-6-12(9-18-13)14(15,16)17/h10-13,18H,2-9H2,1H3. The third-order valence-electron chi connectivity index (χ3n) is 4.89. The molecule has 4 atom stereocenters. The summed E-state index contributed by atoms with van der Waals surface area (Å²) >= 11 is 0. The molecule has 4 heteroatoms. The molecule has 2 rings (SSSR count). The van der Waals surface area contributed by atoms with Crippen molar-refractivity contribution in [2.75, 3.05) is 6.54 Å². The van der Waals surface area contributed by atoms with Crippen molar-refractivity contribution in [1.29, 1.82) is 0 Å². The number of nitrogens with one attached hydrogen (secondary N) is 1. The van der Waals surface area contributed by atoms with Gasteiger partial charge in [0.2, 0.25) is 0 Å². The van der Waals surface area contributed by atoms with Gasteiger partial charge < -0.3 is 5.32 Å². The summed E-state index contributed by atoms with van der Waals surface area (Å²) in [6.07, 6.45) is 3.19. The van der Waals surface area contributed by atoms with Crippen molar-refractivity contribution in [2.24, 2.45) is 17.8 Å². The Bertz CT molecular complexity index is 256. The van der Waals surface area contributed by atoms with Crippen molar-refractivity contribution >= 4 is 0 Å². The lowest BCUT2D eigenvalue weighted by Crippen LogP contribution is -2.48. The fourth-order valence-corrected chi connectivity index (χ4v) is 3.63. The predicted octanol–water partition coefficient (Wildman–Crippen LogP) is 4.13. The first-order valence-corrected chi connectivity index (χ1v) is 7.30. The van der Waals surface area contributed by atoms with Gasteiger partial charge in [0.05, 0.1) is 5.92 Å². The SMILES string of the molecule is CCC1CCCC(C2CCC(C(F)(F)F)CN2)C1. The van der Waals surface area contributed by atoms with E-state index in [2.05, 4.69) is 12.2 Å². The first-order valence-electron chi connectivity index (χ1n) is 7.30. The van der Waals surface area contributed by atoms with Gasteiger partial charge in [0.25, 0.3) is 0 Å². The Balaban J connectivity index is 1.82. The molecule has 0 spiro atoms. The molecule has 1 nitrogen and oxygen atoms in total. The molecule has 1 aliphatic carbocycles. The minimum atomic E-state index is -4.02. The summed E-state index contributed by atoms with van der Waals surface area (Å²) in [5.41, 5.74) is 0. The van der Waals surface area contributed by atoms with Crippen LogP contribution < -0.4 is 5.32 Å². The molecule has 1 saturated carbocycles. The second-order valence-corrected chi connectivity index (χ2v) is 6.03. The van der Waals surface area contributed by atoms with Crippen molar-refractivity contribution in [2.45, 2.75) is 64.1 Å². The van der Waals surface area contributed by atoms with Crippen molar-refractivity contribution in [3.63, 3.8) is 0 Å². The van der Waals surface area contributed by atoms with Crippen molar-refractivity contribution in [3.05, 3.63) is 0 Å². The minimum Gasteiger partial charge on any atom is -0.313 e. The van der Waals surface area contributed by atoms with E-state index < -0.39 is 12.1 Å². The Morgan fingerprint density at radius 3 is 2.44 bits per heavy atom. The van der Waals surface area contributed by atoms with Gasteiger partial charge in [0, 0.05) is 12.6 Å². The van der Waals surface area contributed by atoms with Crippen LogP contribution in [0.1, 0.15) is 51.9 Å². The molecular weight excluding hydrogens is 239 g/mol. The molecule has 4 unspecified atom stereocenters. The molecule has 18 heavy (non-hydrogen) atoms. The number of alkyl halides is 3. The van der Waals surface area contributed by atoms with Crippen molar-refractivity contribution < 1.29 is 13.2 Å². The summed E-state index contributed by atoms with van der Waals surface area (Å²) < 4.78 is 37.8. The van der Waals surface area contributed by atoms with Gasteiger partial charge in [0.1, 0.15) is 0 Å². The maximum Gasteiger partial charge on any atom is 0.393 e. The normalized spacial score (nSPS) is 38.7. The number of hydrogen-bond acceptors (Lipinski definition) is 1. The van der Waals surface area contributed by atoms with Crippen molar-refractivity contribution in [1.82, 2.24) is 5.32 Å². The fraction of sp³-hybridized carbons (Fsp3) is 1.00. The average molecular weight is 263 g/mol. The highest BCUT2D eigenvalue weighted by Gasteiger charge is 2.42. The largest absolute Gasteiger partial charge is 0.393 e. The molecule has 0 aromatic carbocycles. The van der Waals surface area contributed by atoms with E-state index in [4.69, 9.17) is 0 Å². The summed E-state index contributed by atoms with van der Waals surface area (Å²) in [7, 11) is 0. The van der Waals surface area contributed by atoms with Crippen LogP contribution in [0.15, 0.2) is 0 Å². The number of halogens is 3. The molecule has 1 aliphatic heterocycles. The van der Waals surface area contributed by atoms with Gasteiger partial charge >= 0.3 is 6.18 Å². The predicted molar refractivity (Wildman–Crippen MR) is 66.3 cm³/mol. The monoisotopic (exact) mass is 263 g/mol. The number of hydrogen-bond donors (Lipinski definition) is 1. The van der Waals surface area contributed by atoms with E-state index >= 15 is 0 Å². The molecule has 106 valence electrons. The number of rotatable bonds is 2. The summed E-state index contributed by atoms with van der Waals surface area (Å²) in [4.78, 5) is 0. The lowest BCUT2D eigenvalue weighted by Gasteiger charge is -2.39. The third kappa shape index (κ3) is 3.40. The van der Waals surface area contributed by atoms with Gasteiger partial charge in [0.15, 0.2) is 0 Å². The second kappa shape index (κ2) is 5.81. The maximum absolute atomic E-state index is 12.6. The lowest BCUT2D eigenvalue weighted by atomic mass is 9.74. The number of piperidine rings is 1. The minimum absolute atomic E-state index is 0.126. The quantitative estimate of drug-likeness (QED) is 0.789. The van der Waals surface area contributed by atoms with E-state index in [0.717, 1.165) is 5.92 Å². The van der Waals surface area contributed by atoms with Crippen LogP contribution in [0, 0.1) is 17.8 Å². The van der Waals surface area contributed by atoms with Gasteiger partial charge in [-0.25, -0.2) is 0 Å². The molecule has 0 bridgehead atoms. The van der Waals surface area contributed by atoms with E-state index in [9.17, 15) is 13.2 Å². The van der Waals surface area contributed by atoms with Crippen LogP contribution in [0.4, 0.5) is 13.2 Å². The van der Waals surface area contributed by atoms with Gasteiger partial charge in [-0.05, 0) is 37.5 Å². The highest BCUT2D eigenvalue weighted by atomic mass is 19.4. The van der Waals surface area contributed by atoms with Crippen molar-refractivity contribution in [3.8, 4) is 0 Å². The van der Waals surface area contributed by atoms with Crippen LogP contribution in [-0.2, 0) is 0 Å². The van der Waals surface area contributed by atoms with Crippen LogP contribution in [0.3, 0.4) is 0 Å². The Kier molecular flexibility index (Phi) is 4.57. The highest BCUT2D eigenvalue weighted by molar-refractivity contribution is 4.88. The van der Waals surface area contributed by atoms with Crippen LogP contribution in [0.5, 0.6) is 0 Å². The zero-order valence-electron chi connectivity index (χ0n) is 11.1. The first kappa shape index (κ1) is 14.2. The molecule has 2 fully saturated rings. The van der Waals surface area contributed by atoms with E-state index in [-0.39, 0.29) is 6.54 Å². The van der Waals surface area contributed by atoms with Gasteiger partial charge in [-0.15, -0.1) is 0 Å². The molecule has 0 aromatic rings. The Hall–Kier alpha value is -0.250. The van der Waals surface area contributed by atoms with Gasteiger partial charge in [-0.2, -0.15) is 13.2 Å². The molecule has 1 saturated heterocycles. The second-order valence-electron chi connectivity index (χ2n) is 6.03. The molecule has 1 N–H and O–H groups in total. The molecule has 1 heterocycles. The maximum atomic E-state index is 12.6. The molecular formula is C14H24F3N. The van der Waals surface area contributed by atoms with E-state index in [1.165, 1.54) is 32.1 Å². The van der Waals surface area contributed by atoms with Crippen LogP contribution in [-0.4, -0.2) is 18.8 Å². The van der Waals surface area contributed by atoms with Crippen LogP contribution in [0.2, 0.25) is 0 Å². The molecule has 2 aliphatic rings. The Morgan fingerprint density at radius 2 is 1.89 bits per heavy atom. The Morgan fingerprint density at radius 1 is 1.11 bits per heavy atom. The first-order chi connectivity index (χ1) is 8.50. The van der Waals surface area contributed by atoms with E-state index in [1.54, 1.807) is 0 Å². The molecule has 0 radical (unpaired) electrons. The summed E-state index contributed by atoms with van der Waals surface area (Å²) in [6.45, 7) is 2.35. The van der Waals surface area contributed by atoms with Gasteiger partial charge in [-0.3, -0.25) is 0 Å². The smallest absolute Gasteiger partial charge is 0.313 e. The molecule has 0 aromatic heterocycles. The summed E-state index contributed by atoms with van der Waals surface area (Å²) in [6, 6.07) is 0.331. The topological polar surface area (TPSA) is 12.0 Å². The Labute approximate surface area is 108 Å². The van der Waals surface area contributed by atoms with Crippen LogP contribution >= 0.6 is 0 Å². The fourth-order valence-electron chi connectivity index (χ4n) is 3.63. The van der Waals surface area contributed by atoms with Crippen LogP contribution in [0.25, 0.3) is 0 Å².